The first-order chi connectivity index (χ1) is 11.0. The molecule has 1 amide bonds. The normalized spacial score (nSPS) is 11.4. The molecular weight excluding hydrogens is 363 g/mol. The highest BCUT2D eigenvalue weighted by molar-refractivity contribution is 9.10. The minimum Gasteiger partial charge on any atom is -0.474 e. The van der Waals surface area contributed by atoms with Gasteiger partial charge in [0.1, 0.15) is 17.6 Å². The number of rotatable bonds is 5. The minimum atomic E-state index is -0.624. The summed E-state index contributed by atoms with van der Waals surface area (Å²) in [6.45, 7) is 1.62. The Morgan fingerprint density at radius 1 is 1.39 bits per heavy atom. The molecule has 2 aromatic carbocycles. The number of carbonyl (C=O) groups is 1. The van der Waals surface area contributed by atoms with Crippen LogP contribution in [0.2, 0.25) is 0 Å². The molecule has 0 heterocycles. The number of nitrogens with one attached hydrogen (secondary N) is 1. The van der Waals surface area contributed by atoms with E-state index < -0.39 is 6.10 Å². The third kappa shape index (κ3) is 4.80. The van der Waals surface area contributed by atoms with E-state index in [1.54, 1.807) is 43.3 Å². The Morgan fingerprint density at radius 3 is 2.83 bits per heavy atom. The van der Waals surface area contributed by atoms with Crippen LogP contribution >= 0.6 is 15.9 Å². The Bertz CT molecular complexity index is 758. The molecule has 6 heteroatoms. The number of carbonyl (C=O) groups excluding carboxylic acids is 1. The molecule has 0 saturated heterocycles. The SMILES string of the molecule is C[C@@H](C#N)Oc1ccccc1NC(=O)Cc1ccc(F)c(Br)c1. The summed E-state index contributed by atoms with van der Waals surface area (Å²) in [5.41, 5.74) is 1.17. The average molecular weight is 377 g/mol. The van der Waals surface area contributed by atoms with Crippen LogP contribution in [-0.2, 0) is 11.2 Å². The van der Waals surface area contributed by atoms with Gasteiger partial charge in [-0.25, -0.2) is 4.39 Å². The smallest absolute Gasteiger partial charge is 0.228 e. The zero-order valence-electron chi connectivity index (χ0n) is 12.3. The predicted octanol–water partition coefficient (Wildman–Crippen LogP) is 4.06. The summed E-state index contributed by atoms with van der Waals surface area (Å²) in [5, 5.41) is 11.6. The van der Waals surface area contributed by atoms with Crippen molar-refractivity contribution in [1.82, 2.24) is 0 Å². The van der Waals surface area contributed by atoms with Crippen LogP contribution in [0, 0.1) is 17.1 Å². The predicted molar refractivity (Wildman–Crippen MR) is 88.6 cm³/mol. The highest BCUT2D eigenvalue weighted by atomic mass is 79.9. The maximum atomic E-state index is 13.2. The highest BCUT2D eigenvalue weighted by Gasteiger charge is 2.11. The Balaban J connectivity index is 2.08. The lowest BCUT2D eigenvalue weighted by Gasteiger charge is -2.13. The number of halogens is 2. The van der Waals surface area contributed by atoms with Crippen molar-refractivity contribution in [2.45, 2.75) is 19.4 Å². The van der Waals surface area contributed by atoms with Gasteiger partial charge in [-0.1, -0.05) is 18.2 Å². The number of amides is 1. The molecule has 2 aromatic rings. The molecule has 0 fully saturated rings. The fourth-order valence-corrected chi connectivity index (χ4v) is 2.35. The summed E-state index contributed by atoms with van der Waals surface area (Å²) in [6, 6.07) is 13.3. The standard InChI is InChI=1S/C17H14BrFN2O2/c1-11(10-20)23-16-5-3-2-4-15(16)21-17(22)9-12-6-7-14(19)13(18)8-12/h2-8,11H,9H2,1H3,(H,21,22)/t11-/m0/s1. The fourth-order valence-electron chi connectivity index (χ4n) is 1.92. The molecule has 0 aliphatic heterocycles. The van der Waals surface area contributed by atoms with Gasteiger partial charge in [-0.2, -0.15) is 5.26 Å². The second-order valence-corrected chi connectivity index (χ2v) is 5.71. The van der Waals surface area contributed by atoms with Crippen LogP contribution in [0.1, 0.15) is 12.5 Å². The highest BCUT2D eigenvalue weighted by Crippen LogP contribution is 2.25. The van der Waals surface area contributed by atoms with Crippen LogP contribution in [0.4, 0.5) is 10.1 Å². The van der Waals surface area contributed by atoms with Crippen LogP contribution in [-0.4, -0.2) is 12.0 Å². The molecule has 0 unspecified atom stereocenters. The van der Waals surface area contributed by atoms with Gasteiger partial charge in [0.05, 0.1) is 16.6 Å². The summed E-state index contributed by atoms with van der Waals surface area (Å²) < 4.78 is 19.0. The summed E-state index contributed by atoms with van der Waals surface area (Å²) in [7, 11) is 0. The molecule has 1 atom stereocenters. The summed E-state index contributed by atoms with van der Waals surface area (Å²) in [5.74, 6) is -0.210. The second kappa shape index (κ2) is 7.75. The lowest BCUT2D eigenvalue weighted by atomic mass is 10.1. The molecule has 0 aromatic heterocycles. The van der Waals surface area contributed by atoms with Crippen molar-refractivity contribution >= 4 is 27.5 Å². The fraction of sp³-hybridized carbons (Fsp3) is 0.176. The van der Waals surface area contributed by atoms with E-state index in [4.69, 9.17) is 10.00 Å². The van der Waals surface area contributed by atoms with Crippen molar-refractivity contribution < 1.29 is 13.9 Å². The Morgan fingerprint density at radius 2 is 2.13 bits per heavy atom. The number of benzene rings is 2. The third-order valence-electron chi connectivity index (χ3n) is 3.00. The number of para-hydroxylation sites is 2. The molecule has 1 N–H and O–H groups in total. The average Bonchev–Trinajstić information content (AvgIpc) is 2.52. The summed E-state index contributed by atoms with van der Waals surface area (Å²) >= 11 is 3.09. The first kappa shape index (κ1) is 17.0. The largest absolute Gasteiger partial charge is 0.474 e. The number of nitriles is 1. The lowest BCUT2D eigenvalue weighted by Crippen LogP contribution is -2.16. The topological polar surface area (TPSA) is 62.1 Å². The molecular formula is C17H14BrFN2O2. The van der Waals surface area contributed by atoms with Gasteiger partial charge in [0, 0.05) is 0 Å². The van der Waals surface area contributed by atoms with Gasteiger partial charge in [-0.15, -0.1) is 0 Å². The Hall–Kier alpha value is -2.39. The van der Waals surface area contributed by atoms with Crippen LogP contribution in [0.15, 0.2) is 46.9 Å². The van der Waals surface area contributed by atoms with E-state index in [-0.39, 0.29) is 18.1 Å². The van der Waals surface area contributed by atoms with Crippen molar-refractivity contribution in [3.05, 3.63) is 58.3 Å². The maximum Gasteiger partial charge on any atom is 0.228 e. The van der Waals surface area contributed by atoms with E-state index in [9.17, 15) is 9.18 Å². The summed E-state index contributed by atoms with van der Waals surface area (Å²) in [4.78, 5) is 12.1. The molecule has 2 rings (SSSR count). The number of anilines is 1. The van der Waals surface area contributed by atoms with Gasteiger partial charge in [0.2, 0.25) is 5.91 Å². The van der Waals surface area contributed by atoms with Gasteiger partial charge in [-0.05, 0) is 52.7 Å². The van der Waals surface area contributed by atoms with Gasteiger partial charge < -0.3 is 10.1 Å². The van der Waals surface area contributed by atoms with Gasteiger partial charge in [0.25, 0.3) is 0 Å². The van der Waals surface area contributed by atoms with E-state index in [1.807, 2.05) is 6.07 Å². The van der Waals surface area contributed by atoms with Gasteiger partial charge in [-0.3, -0.25) is 4.79 Å². The van der Waals surface area contributed by atoms with Gasteiger partial charge >= 0.3 is 0 Å². The number of ether oxygens (including phenoxy) is 1. The minimum absolute atomic E-state index is 0.0982. The zero-order chi connectivity index (χ0) is 16.8. The lowest BCUT2D eigenvalue weighted by molar-refractivity contribution is -0.115. The number of hydrogen-bond donors (Lipinski definition) is 1. The van der Waals surface area contributed by atoms with Crippen molar-refractivity contribution in [2.75, 3.05) is 5.32 Å². The number of nitrogens with zero attached hydrogens (tertiary/aromatic N) is 1. The quantitative estimate of drug-likeness (QED) is 0.855. The van der Waals surface area contributed by atoms with E-state index in [1.165, 1.54) is 6.07 Å². The molecule has 0 spiro atoms. The third-order valence-corrected chi connectivity index (χ3v) is 3.60. The molecule has 0 bridgehead atoms. The van der Waals surface area contributed by atoms with Crippen LogP contribution < -0.4 is 10.1 Å². The molecule has 0 aliphatic rings. The molecule has 0 saturated carbocycles. The first-order valence-electron chi connectivity index (χ1n) is 6.88. The summed E-state index contributed by atoms with van der Waals surface area (Å²) in [6.07, 6.45) is -0.526. The molecule has 118 valence electrons. The molecule has 0 aliphatic carbocycles. The van der Waals surface area contributed by atoms with Gasteiger partial charge in [0.15, 0.2) is 6.10 Å². The van der Waals surface area contributed by atoms with Crippen LogP contribution in [0.5, 0.6) is 5.75 Å². The number of hydrogen-bond acceptors (Lipinski definition) is 3. The van der Waals surface area contributed by atoms with Crippen molar-refractivity contribution in [3.8, 4) is 11.8 Å². The van der Waals surface area contributed by atoms with E-state index >= 15 is 0 Å². The molecule has 23 heavy (non-hydrogen) atoms. The monoisotopic (exact) mass is 376 g/mol. The molecule has 4 nitrogen and oxygen atoms in total. The van der Waals surface area contributed by atoms with E-state index in [2.05, 4.69) is 21.2 Å². The first-order valence-corrected chi connectivity index (χ1v) is 7.68. The molecule has 0 radical (unpaired) electrons. The van der Waals surface area contributed by atoms with E-state index in [0.717, 1.165) is 0 Å². The maximum absolute atomic E-state index is 13.2. The van der Waals surface area contributed by atoms with Crippen molar-refractivity contribution in [2.24, 2.45) is 0 Å². The van der Waals surface area contributed by atoms with E-state index in [0.29, 0.717) is 21.5 Å². The zero-order valence-corrected chi connectivity index (χ0v) is 13.9. The van der Waals surface area contributed by atoms with Crippen LogP contribution in [0.25, 0.3) is 0 Å². The van der Waals surface area contributed by atoms with Crippen LogP contribution in [0.3, 0.4) is 0 Å². The Kier molecular flexibility index (Phi) is 5.72. The second-order valence-electron chi connectivity index (χ2n) is 4.86. The van der Waals surface area contributed by atoms with Crippen molar-refractivity contribution in [1.29, 1.82) is 5.26 Å². The van der Waals surface area contributed by atoms with Crippen molar-refractivity contribution in [3.63, 3.8) is 0 Å². The Labute approximate surface area is 142 Å².